The average molecular weight is 249 g/mol. The smallest absolute Gasteiger partial charge is 0.241 e. The van der Waals surface area contributed by atoms with Gasteiger partial charge in [-0.2, -0.15) is 0 Å². The molecule has 0 saturated carbocycles. The monoisotopic (exact) mass is 249 g/mol. The predicted octanol–water partition coefficient (Wildman–Crippen LogP) is 1.19. The SMILES string of the molecule is CC[C@H](N)C(=O)Nc1ccc2c(c1)N(C)CCO2. The number of likely N-dealkylation sites (N-methyl/N-ethyl adjacent to an activating group) is 1. The van der Waals surface area contributed by atoms with Gasteiger partial charge in [0.05, 0.1) is 18.3 Å². The lowest BCUT2D eigenvalue weighted by Crippen LogP contribution is -2.35. The van der Waals surface area contributed by atoms with Gasteiger partial charge < -0.3 is 20.7 Å². The van der Waals surface area contributed by atoms with Gasteiger partial charge in [0.15, 0.2) is 0 Å². The molecular formula is C13H19N3O2. The molecule has 5 heteroatoms. The van der Waals surface area contributed by atoms with E-state index in [1.54, 1.807) is 0 Å². The van der Waals surface area contributed by atoms with Crippen LogP contribution in [0.15, 0.2) is 18.2 Å². The largest absolute Gasteiger partial charge is 0.490 e. The van der Waals surface area contributed by atoms with Gasteiger partial charge in [-0.15, -0.1) is 0 Å². The molecule has 0 fully saturated rings. The molecule has 0 radical (unpaired) electrons. The molecule has 0 bridgehead atoms. The maximum Gasteiger partial charge on any atom is 0.241 e. The van der Waals surface area contributed by atoms with Crippen LogP contribution in [-0.4, -0.2) is 32.1 Å². The number of amides is 1. The Hall–Kier alpha value is -1.75. The highest BCUT2D eigenvalue weighted by Gasteiger charge is 2.16. The summed E-state index contributed by atoms with van der Waals surface area (Å²) in [6.07, 6.45) is 0.625. The molecule has 1 aliphatic rings. The number of nitrogens with one attached hydrogen (secondary N) is 1. The Morgan fingerprint density at radius 3 is 3.11 bits per heavy atom. The van der Waals surface area contributed by atoms with Gasteiger partial charge in [-0.1, -0.05) is 6.92 Å². The Morgan fingerprint density at radius 1 is 1.61 bits per heavy atom. The zero-order valence-electron chi connectivity index (χ0n) is 10.8. The van der Waals surface area contributed by atoms with Crippen LogP contribution >= 0.6 is 0 Å². The highest BCUT2D eigenvalue weighted by Crippen LogP contribution is 2.33. The van der Waals surface area contributed by atoms with E-state index < -0.39 is 6.04 Å². The van der Waals surface area contributed by atoms with Gasteiger partial charge in [0, 0.05) is 12.7 Å². The van der Waals surface area contributed by atoms with Crippen molar-refractivity contribution in [2.45, 2.75) is 19.4 Å². The number of nitrogens with two attached hydrogens (primary N) is 1. The standard InChI is InChI=1S/C13H19N3O2/c1-3-10(14)13(17)15-9-4-5-12-11(8-9)16(2)6-7-18-12/h4-5,8,10H,3,6-7,14H2,1-2H3,(H,15,17)/t10-/m0/s1. The van der Waals surface area contributed by atoms with E-state index in [1.807, 2.05) is 32.2 Å². The lowest BCUT2D eigenvalue weighted by Gasteiger charge is -2.28. The van der Waals surface area contributed by atoms with E-state index in [0.29, 0.717) is 13.0 Å². The van der Waals surface area contributed by atoms with Gasteiger partial charge in [-0.25, -0.2) is 0 Å². The second-order valence-corrected chi connectivity index (χ2v) is 4.46. The number of hydrogen-bond acceptors (Lipinski definition) is 4. The predicted molar refractivity (Wildman–Crippen MR) is 72.1 cm³/mol. The van der Waals surface area contributed by atoms with Gasteiger partial charge in [0.1, 0.15) is 12.4 Å². The van der Waals surface area contributed by atoms with Crippen molar-refractivity contribution in [1.29, 1.82) is 0 Å². The summed E-state index contributed by atoms with van der Waals surface area (Å²) in [6.45, 7) is 3.42. The number of nitrogens with zero attached hydrogens (tertiary/aromatic N) is 1. The molecule has 18 heavy (non-hydrogen) atoms. The number of ether oxygens (including phenoxy) is 1. The zero-order chi connectivity index (χ0) is 13.1. The molecule has 1 atom stereocenters. The molecule has 1 amide bonds. The molecule has 0 saturated heterocycles. The molecule has 1 aliphatic heterocycles. The summed E-state index contributed by atoms with van der Waals surface area (Å²) in [5.74, 6) is 0.693. The Labute approximate surface area is 107 Å². The Balaban J connectivity index is 2.16. The van der Waals surface area contributed by atoms with Crippen LogP contribution in [0.2, 0.25) is 0 Å². The summed E-state index contributed by atoms with van der Waals surface area (Å²) in [4.78, 5) is 13.8. The number of anilines is 2. The number of benzene rings is 1. The minimum atomic E-state index is -0.463. The van der Waals surface area contributed by atoms with Crippen molar-refractivity contribution >= 4 is 17.3 Å². The summed E-state index contributed by atoms with van der Waals surface area (Å²) < 4.78 is 5.54. The van der Waals surface area contributed by atoms with Gasteiger partial charge in [-0.05, 0) is 24.6 Å². The van der Waals surface area contributed by atoms with Gasteiger partial charge in [0.2, 0.25) is 5.91 Å². The quantitative estimate of drug-likeness (QED) is 0.844. The maximum absolute atomic E-state index is 11.7. The van der Waals surface area contributed by atoms with Crippen LogP contribution in [0.4, 0.5) is 11.4 Å². The number of carbonyl (C=O) groups is 1. The van der Waals surface area contributed by atoms with Crippen LogP contribution in [0.3, 0.4) is 0 Å². The summed E-state index contributed by atoms with van der Waals surface area (Å²) in [5.41, 5.74) is 7.42. The summed E-state index contributed by atoms with van der Waals surface area (Å²) in [6, 6.07) is 5.15. The highest BCUT2D eigenvalue weighted by atomic mass is 16.5. The van der Waals surface area contributed by atoms with Crippen LogP contribution in [0.1, 0.15) is 13.3 Å². The average Bonchev–Trinajstić information content (AvgIpc) is 2.38. The molecule has 1 aromatic carbocycles. The first-order chi connectivity index (χ1) is 8.61. The van der Waals surface area contributed by atoms with E-state index in [4.69, 9.17) is 10.5 Å². The summed E-state index contributed by atoms with van der Waals surface area (Å²) in [7, 11) is 2.00. The normalized spacial score (nSPS) is 15.6. The second-order valence-electron chi connectivity index (χ2n) is 4.46. The van der Waals surface area contributed by atoms with Crippen molar-refractivity contribution in [2.24, 2.45) is 5.73 Å². The van der Waals surface area contributed by atoms with Crippen molar-refractivity contribution in [2.75, 3.05) is 30.4 Å². The maximum atomic E-state index is 11.7. The fourth-order valence-corrected chi connectivity index (χ4v) is 1.85. The molecule has 1 heterocycles. The highest BCUT2D eigenvalue weighted by molar-refractivity contribution is 5.95. The van der Waals surface area contributed by atoms with Crippen molar-refractivity contribution in [1.82, 2.24) is 0 Å². The molecule has 0 unspecified atom stereocenters. The Kier molecular flexibility index (Phi) is 3.72. The minimum Gasteiger partial charge on any atom is -0.490 e. The number of carbonyl (C=O) groups excluding carboxylic acids is 1. The molecule has 0 spiro atoms. The van der Waals surface area contributed by atoms with E-state index >= 15 is 0 Å². The fourth-order valence-electron chi connectivity index (χ4n) is 1.85. The lowest BCUT2D eigenvalue weighted by molar-refractivity contribution is -0.117. The van der Waals surface area contributed by atoms with Crippen LogP contribution in [-0.2, 0) is 4.79 Å². The van der Waals surface area contributed by atoms with Crippen molar-refractivity contribution in [3.63, 3.8) is 0 Å². The van der Waals surface area contributed by atoms with E-state index in [2.05, 4.69) is 10.2 Å². The first-order valence-corrected chi connectivity index (χ1v) is 6.16. The van der Waals surface area contributed by atoms with Gasteiger partial charge in [0.25, 0.3) is 0 Å². The number of hydrogen-bond donors (Lipinski definition) is 2. The number of rotatable bonds is 3. The van der Waals surface area contributed by atoms with Crippen molar-refractivity contribution < 1.29 is 9.53 Å². The van der Waals surface area contributed by atoms with E-state index in [0.717, 1.165) is 23.7 Å². The first kappa shape index (κ1) is 12.7. The lowest BCUT2D eigenvalue weighted by atomic mass is 10.2. The Morgan fingerprint density at radius 2 is 2.39 bits per heavy atom. The molecular weight excluding hydrogens is 230 g/mol. The molecule has 0 aliphatic carbocycles. The molecule has 2 rings (SSSR count). The first-order valence-electron chi connectivity index (χ1n) is 6.16. The van der Waals surface area contributed by atoms with E-state index in [-0.39, 0.29) is 5.91 Å². The van der Waals surface area contributed by atoms with E-state index in [1.165, 1.54) is 0 Å². The van der Waals surface area contributed by atoms with Gasteiger partial charge in [-0.3, -0.25) is 4.79 Å². The van der Waals surface area contributed by atoms with Gasteiger partial charge >= 0.3 is 0 Å². The third kappa shape index (κ3) is 2.56. The molecule has 3 N–H and O–H groups in total. The Bertz CT molecular complexity index is 448. The second kappa shape index (κ2) is 5.27. The molecule has 5 nitrogen and oxygen atoms in total. The molecule has 0 aromatic heterocycles. The van der Waals surface area contributed by atoms with Crippen LogP contribution in [0, 0.1) is 0 Å². The van der Waals surface area contributed by atoms with Crippen molar-refractivity contribution in [3.8, 4) is 5.75 Å². The summed E-state index contributed by atoms with van der Waals surface area (Å²) >= 11 is 0. The summed E-state index contributed by atoms with van der Waals surface area (Å²) in [5, 5.41) is 2.82. The third-order valence-electron chi connectivity index (χ3n) is 3.10. The van der Waals surface area contributed by atoms with E-state index in [9.17, 15) is 4.79 Å². The van der Waals surface area contributed by atoms with Crippen LogP contribution < -0.4 is 20.7 Å². The van der Waals surface area contributed by atoms with Crippen LogP contribution in [0.25, 0.3) is 0 Å². The minimum absolute atomic E-state index is 0.156. The zero-order valence-corrected chi connectivity index (χ0v) is 10.8. The van der Waals surface area contributed by atoms with Crippen molar-refractivity contribution in [3.05, 3.63) is 18.2 Å². The topological polar surface area (TPSA) is 67.6 Å². The van der Waals surface area contributed by atoms with Crippen LogP contribution in [0.5, 0.6) is 5.75 Å². The fraction of sp³-hybridized carbons (Fsp3) is 0.462. The molecule has 98 valence electrons. The third-order valence-corrected chi connectivity index (χ3v) is 3.10. The molecule has 1 aromatic rings. The number of fused-ring (bicyclic) bond motifs is 1.